The molecule has 0 aliphatic carbocycles. The van der Waals surface area contributed by atoms with Crippen molar-refractivity contribution in [3.63, 3.8) is 0 Å². The topological polar surface area (TPSA) is 96.3 Å². The van der Waals surface area contributed by atoms with Crippen LogP contribution in [0.25, 0.3) is 0 Å². The summed E-state index contributed by atoms with van der Waals surface area (Å²) in [4.78, 5) is 28.8. The van der Waals surface area contributed by atoms with Crippen molar-refractivity contribution >= 4 is 17.6 Å². The molecule has 174 valence electrons. The van der Waals surface area contributed by atoms with Crippen LogP contribution in [0.1, 0.15) is 28.1 Å². The molecule has 1 atom stereocenters. The summed E-state index contributed by atoms with van der Waals surface area (Å²) < 4.78 is 42.8. The zero-order valence-corrected chi connectivity index (χ0v) is 17.6. The van der Waals surface area contributed by atoms with Crippen LogP contribution in [-0.2, 0) is 17.4 Å². The average Bonchev–Trinajstić information content (AvgIpc) is 3.34. The van der Waals surface area contributed by atoms with E-state index in [9.17, 15) is 22.8 Å². The lowest BCUT2D eigenvalue weighted by atomic mass is 10.0. The van der Waals surface area contributed by atoms with Crippen molar-refractivity contribution in [1.82, 2.24) is 15.6 Å². The van der Waals surface area contributed by atoms with E-state index in [2.05, 4.69) is 20.9 Å². The first-order valence-electron chi connectivity index (χ1n) is 10.3. The molecule has 1 aromatic carbocycles. The van der Waals surface area contributed by atoms with Gasteiger partial charge in [0.05, 0.1) is 11.8 Å². The molecule has 7 nitrogen and oxygen atoms in total. The Morgan fingerprint density at radius 2 is 1.79 bits per heavy atom. The Morgan fingerprint density at radius 3 is 2.42 bits per heavy atom. The Hall–Kier alpha value is -3.82. The first-order chi connectivity index (χ1) is 15.8. The number of rotatable bonds is 10. The van der Waals surface area contributed by atoms with Crippen molar-refractivity contribution in [2.24, 2.45) is 0 Å². The van der Waals surface area contributed by atoms with Crippen molar-refractivity contribution in [2.45, 2.75) is 25.1 Å². The Balaban J connectivity index is 1.48. The number of carbonyl (C=O) groups is 2. The highest BCUT2D eigenvalue weighted by Gasteiger charge is 2.30. The predicted molar refractivity (Wildman–Crippen MR) is 115 cm³/mol. The van der Waals surface area contributed by atoms with E-state index in [1.54, 1.807) is 6.07 Å². The number of halogens is 3. The largest absolute Gasteiger partial charge is 0.459 e. The molecule has 0 fully saturated rings. The highest BCUT2D eigenvalue weighted by Crippen LogP contribution is 2.28. The van der Waals surface area contributed by atoms with Gasteiger partial charge < -0.3 is 20.4 Å². The minimum absolute atomic E-state index is 0.106. The Bertz CT molecular complexity index is 1020. The number of hydrogen-bond donors (Lipinski definition) is 3. The van der Waals surface area contributed by atoms with E-state index in [0.29, 0.717) is 31.7 Å². The van der Waals surface area contributed by atoms with Gasteiger partial charge >= 0.3 is 6.18 Å². The standard InChI is InChI=1S/C23H23F3N4O3/c24-23(25,26)17-9-10-20(29-15-17)27-11-5-12-28-21(31)18(14-16-6-2-1-3-7-16)30-22(32)19-8-4-13-33-19/h1-4,6-10,13,15,18H,5,11-12,14H2,(H,27,29)(H,28,31)(H,30,32). The maximum absolute atomic E-state index is 12.7. The molecule has 2 heterocycles. The van der Waals surface area contributed by atoms with Gasteiger partial charge in [-0.15, -0.1) is 0 Å². The quantitative estimate of drug-likeness (QED) is 0.402. The molecule has 0 saturated heterocycles. The number of nitrogens with zero attached hydrogens (tertiary/aromatic N) is 1. The second-order valence-electron chi connectivity index (χ2n) is 7.19. The number of amides is 2. The van der Waals surface area contributed by atoms with Crippen molar-refractivity contribution in [3.05, 3.63) is 83.9 Å². The van der Waals surface area contributed by atoms with E-state index in [1.807, 2.05) is 30.3 Å². The zero-order valence-electron chi connectivity index (χ0n) is 17.6. The Kier molecular flexibility index (Phi) is 8.06. The third kappa shape index (κ3) is 7.37. The molecule has 0 saturated carbocycles. The van der Waals surface area contributed by atoms with Crippen LogP contribution >= 0.6 is 0 Å². The van der Waals surface area contributed by atoms with E-state index >= 15 is 0 Å². The van der Waals surface area contributed by atoms with Crippen LogP contribution in [0.3, 0.4) is 0 Å². The molecule has 0 aliphatic rings. The molecule has 0 aliphatic heterocycles. The molecule has 3 rings (SSSR count). The third-order valence-corrected chi connectivity index (χ3v) is 4.70. The van der Waals surface area contributed by atoms with Gasteiger partial charge in [-0.1, -0.05) is 30.3 Å². The summed E-state index contributed by atoms with van der Waals surface area (Å²) in [6.07, 6.45) is -1.50. The monoisotopic (exact) mass is 460 g/mol. The zero-order chi connectivity index (χ0) is 23.7. The van der Waals surface area contributed by atoms with Crippen molar-refractivity contribution in [2.75, 3.05) is 18.4 Å². The third-order valence-electron chi connectivity index (χ3n) is 4.70. The second kappa shape index (κ2) is 11.2. The Labute approximate surface area is 188 Å². The van der Waals surface area contributed by atoms with Crippen LogP contribution in [0.4, 0.5) is 19.0 Å². The minimum Gasteiger partial charge on any atom is -0.459 e. The van der Waals surface area contributed by atoms with Gasteiger partial charge in [0.2, 0.25) is 5.91 Å². The van der Waals surface area contributed by atoms with Crippen LogP contribution in [0.2, 0.25) is 0 Å². The lowest BCUT2D eigenvalue weighted by molar-refractivity contribution is -0.137. The molecule has 2 amide bonds. The smallest absolute Gasteiger partial charge is 0.417 e. The number of carbonyl (C=O) groups excluding carboxylic acids is 2. The molecular weight excluding hydrogens is 437 g/mol. The summed E-state index contributed by atoms with van der Waals surface area (Å²) in [5, 5.41) is 8.37. The van der Waals surface area contributed by atoms with Crippen LogP contribution in [-0.4, -0.2) is 35.9 Å². The van der Waals surface area contributed by atoms with Gasteiger partial charge in [0.1, 0.15) is 11.9 Å². The minimum atomic E-state index is -4.43. The van der Waals surface area contributed by atoms with E-state index < -0.39 is 23.7 Å². The fraction of sp³-hybridized carbons (Fsp3) is 0.261. The fourth-order valence-corrected chi connectivity index (χ4v) is 3.00. The second-order valence-corrected chi connectivity index (χ2v) is 7.19. The van der Waals surface area contributed by atoms with Gasteiger partial charge in [0, 0.05) is 25.7 Å². The van der Waals surface area contributed by atoms with Crippen LogP contribution in [0.15, 0.2) is 71.5 Å². The molecule has 1 unspecified atom stereocenters. The van der Waals surface area contributed by atoms with Gasteiger partial charge in [0.25, 0.3) is 5.91 Å². The summed E-state index contributed by atoms with van der Waals surface area (Å²) in [5.41, 5.74) is 0.0637. The summed E-state index contributed by atoms with van der Waals surface area (Å²) in [6.45, 7) is 0.690. The average molecular weight is 460 g/mol. The SMILES string of the molecule is O=C(NC(Cc1ccccc1)C(=O)NCCCNc1ccc(C(F)(F)F)cn1)c1ccco1. The van der Waals surface area contributed by atoms with Crippen LogP contribution in [0, 0.1) is 0 Å². The molecule has 0 spiro atoms. The van der Waals surface area contributed by atoms with Gasteiger partial charge in [-0.05, 0) is 36.2 Å². The van der Waals surface area contributed by atoms with Gasteiger partial charge in [0.15, 0.2) is 5.76 Å². The highest BCUT2D eigenvalue weighted by molar-refractivity contribution is 5.95. The number of benzene rings is 1. The number of pyridine rings is 1. The number of aromatic nitrogens is 1. The number of hydrogen-bond acceptors (Lipinski definition) is 5. The van der Waals surface area contributed by atoms with Crippen LogP contribution in [0.5, 0.6) is 0 Å². The van der Waals surface area contributed by atoms with Crippen LogP contribution < -0.4 is 16.0 Å². The fourth-order valence-electron chi connectivity index (χ4n) is 3.00. The number of anilines is 1. The molecule has 10 heteroatoms. The van der Waals surface area contributed by atoms with Gasteiger partial charge in [-0.25, -0.2) is 4.98 Å². The predicted octanol–water partition coefficient (Wildman–Crippen LogP) is 3.65. The number of nitrogens with one attached hydrogen (secondary N) is 3. The summed E-state index contributed by atoms with van der Waals surface area (Å²) in [6, 6.07) is 13.8. The molecule has 0 bridgehead atoms. The molecule has 3 N–H and O–H groups in total. The highest BCUT2D eigenvalue weighted by atomic mass is 19.4. The van der Waals surface area contributed by atoms with Crippen molar-refractivity contribution in [3.8, 4) is 0 Å². The van der Waals surface area contributed by atoms with Crippen molar-refractivity contribution in [1.29, 1.82) is 0 Å². The van der Waals surface area contributed by atoms with E-state index in [-0.39, 0.29) is 11.7 Å². The summed E-state index contributed by atoms with van der Waals surface area (Å²) in [5.74, 6) is -0.436. The van der Waals surface area contributed by atoms with E-state index in [4.69, 9.17) is 4.42 Å². The first kappa shape index (κ1) is 23.8. The lowest BCUT2D eigenvalue weighted by Gasteiger charge is -2.18. The van der Waals surface area contributed by atoms with E-state index in [1.165, 1.54) is 18.4 Å². The molecule has 3 aromatic rings. The lowest BCUT2D eigenvalue weighted by Crippen LogP contribution is -2.48. The number of alkyl halides is 3. The molecule has 0 radical (unpaired) electrons. The summed E-state index contributed by atoms with van der Waals surface area (Å²) in [7, 11) is 0. The van der Waals surface area contributed by atoms with E-state index in [0.717, 1.165) is 17.8 Å². The van der Waals surface area contributed by atoms with Crippen molar-refractivity contribution < 1.29 is 27.2 Å². The molecule has 2 aromatic heterocycles. The Morgan fingerprint density at radius 1 is 1.00 bits per heavy atom. The van der Waals surface area contributed by atoms with Gasteiger partial charge in [-0.3, -0.25) is 9.59 Å². The summed E-state index contributed by atoms with van der Waals surface area (Å²) >= 11 is 0. The van der Waals surface area contributed by atoms with Gasteiger partial charge in [-0.2, -0.15) is 13.2 Å². The number of furan rings is 1. The maximum Gasteiger partial charge on any atom is 0.417 e. The maximum atomic E-state index is 12.7. The normalized spacial score (nSPS) is 12.1. The first-order valence-corrected chi connectivity index (χ1v) is 10.3. The molecule has 33 heavy (non-hydrogen) atoms. The molecular formula is C23H23F3N4O3.